The van der Waals surface area contributed by atoms with Crippen molar-refractivity contribution in [1.82, 2.24) is 15.3 Å². The van der Waals surface area contributed by atoms with Gasteiger partial charge in [-0.3, -0.25) is 9.78 Å². The molecule has 4 heterocycles. The van der Waals surface area contributed by atoms with Crippen LogP contribution in [-0.2, 0) is 11.2 Å². The lowest BCUT2D eigenvalue weighted by molar-refractivity contribution is -0.0110. The molecule has 3 aromatic rings. The van der Waals surface area contributed by atoms with Crippen LogP contribution in [0.4, 0.5) is 11.4 Å². The van der Waals surface area contributed by atoms with E-state index in [-0.39, 0.29) is 18.1 Å². The van der Waals surface area contributed by atoms with E-state index < -0.39 is 0 Å². The third-order valence-electron chi connectivity index (χ3n) is 6.38. The molecule has 0 bridgehead atoms. The number of hydrogen-bond donors (Lipinski definition) is 3. The highest BCUT2D eigenvalue weighted by atomic mass is 35.5. The van der Waals surface area contributed by atoms with Gasteiger partial charge in [0.25, 0.3) is 5.91 Å². The molecular formula is C26H29ClN4O4. The number of anilines is 2. The van der Waals surface area contributed by atoms with Gasteiger partial charge in [0, 0.05) is 36.5 Å². The van der Waals surface area contributed by atoms with E-state index in [2.05, 4.69) is 20.6 Å². The number of ether oxygens (including phenoxy) is 3. The number of H-pyrrole nitrogens is 1. The number of para-hydroxylation sites is 1. The highest BCUT2D eigenvalue weighted by Crippen LogP contribution is 2.43. The zero-order valence-corrected chi connectivity index (χ0v) is 20.6. The van der Waals surface area contributed by atoms with Crippen molar-refractivity contribution in [2.75, 3.05) is 25.6 Å². The largest absolute Gasteiger partial charge is 0.493 e. The van der Waals surface area contributed by atoms with E-state index in [0.717, 1.165) is 42.8 Å². The van der Waals surface area contributed by atoms with E-state index in [1.165, 1.54) is 0 Å². The van der Waals surface area contributed by atoms with Crippen molar-refractivity contribution < 1.29 is 19.0 Å². The summed E-state index contributed by atoms with van der Waals surface area (Å²) in [4.78, 5) is 20.9. The average Bonchev–Trinajstić information content (AvgIpc) is 3.21. The molecule has 1 fully saturated rings. The third-order valence-corrected chi connectivity index (χ3v) is 6.67. The number of aromatic amines is 1. The van der Waals surface area contributed by atoms with Crippen molar-refractivity contribution >= 4 is 28.9 Å². The molecule has 9 heteroatoms. The van der Waals surface area contributed by atoms with Gasteiger partial charge < -0.3 is 29.8 Å². The van der Waals surface area contributed by atoms with E-state index in [4.69, 9.17) is 25.8 Å². The van der Waals surface area contributed by atoms with Crippen molar-refractivity contribution in [1.29, 1.82) is 0 Å². The summed E-state index contributed by atoms with van der Waals surface area (Å²) in [6.45, 7) is 3.20. The molecule has 2 aromatic heterocycles. The number of benzene rings is 1. The van der Waals surface area contributed by atoms with Gasteiger partial charge >= 0.3 is 0 Å². The van der Waals surface area contributed by atoms with Crippen LogP contribution in [0.25, 0.3) is 11.3 Å². The molecule has 184 valence electrons. The van der Waals surface area contributed by atoms with Crippen molar-refractivity contribution in [2.24, 2.45) is 0 Å². The van der Waals surface area contributed by atoms with E-state index in [1.807, 2.05) is 25.1 Å². The zero-order chi connectivity index (χ0) is 24.4. The van der Waals surface area contributed by atoms with E-state index >= 15 is 0 Å². The van der Waals surface area contributed by atoms with Crippen LogP contribution in [-0.4, -0.2) is 48.3 Å². The molecule has 2 aliphatic heterocycles. The van der Waals surface area contributed by atoms with Crippen LogP contribution in [0, 0.1) is 0 Å². The van der Waals surface area contributed by atoms with E-state index in [9.17, 15) is 4.79 Å². The Morgan fingerprint density at radius 1 is 1.29 bits per heavy atom. The molecule has 0 saturated carbocycles. The van der Waals surface area contributed by atoms with Crippen LogP contribution >= 0.6 is 11.6 Å². The highest BCUT2D eigenvalue weighted by molar-refractivity contribution is 6.32. The number of amides is 1. The molecule has 3 N–H and O–H groups in total. The highest BCUT2D eigenvalue weighted by Gasteiger charge is 2.31. The fourth-order valence-corrected chi connectivity index (χ4v) is 4.96. The number of carbonyl (C=O) groups excluding carboxylic acids is 1. The zero-order valence-electron chi connectivity index (χ0n) is 19.8. The predicted molar refractivity (Wildman–Crippen MR) is 135 cm³/mol. The van der Waals surface area contributed by atoms with Crippen LogP contribution in [0.1, 0.15) is 42.2 Å². The first-order chi connectivity index (χ1) is 17.0. The fraction of sp³-hybridized carbons (Fsp3) is 0.385. The summed E-state index contributed by atoms with van der Waals surface area (Å²) in [5, 5.41) is 6.92. The number of hydrogen-bond acceptors (Lipinski definition) is 6. The maximum absolute atomic E-state index is 13.1. The number of nitrogens with zero attached hydrogens (tertiary/aromatic N) is 1. The minimum Gasteiger partial charge on any atom is -0.493 e. The SMILES string of the molecule is COc1c(Cl)cccc1Nc1c(-c2ccncc2OC[C@@H]2CCCCO2)[nH]c2c1C(=O)N[C@H](C)C2. The third kappa shape index (κ3) is 4.81. The van der Waals surface area contributed by atoms with Gasteiger partial charge in [-0.05, 0) is 44.4 Å². The Labute approximate surface area is 209 Å². The standard InChI is InChI=1S/C26H29ClN4O4/c1-15-12-20-22(26(32)29-15)24(30-19-8-5-7-18(27)25(19)33-2)23(31-20)17-9-10-28-13-21(17)35-14-16-6-3-4-11-34-16/h5,7-10,13,15-16,30-31H,3-4,6,11-12,14H2,1-2H3,(H,29,32)/t15-,16+/m1/s1. The molecule has 0 spiro atoms. The van der Waals surface area contributed by atoms with E-state index in [1.54, 1.807) is 25.6 Å². The normalized spacial score (nSPS) is 19.6. The van der Waals surface area contributed by atoms with Crippen molar-refractivity contribution in [3.63, 3.8) is 0 Å². The first kappa shape index (κ1) is 23.5. The summed E-state index contributed by atoms with van der Waals surface area (Å²) in [5.74, 6) is 0.979. The first-order valence-electron chi connectivity index (χ1n) is 11.9. The Morgan fingerprint density at radius 3 is 2.97 bits per heavy atom. The van der Waals surface area contributed by atoms with Gasteiger partial charge in [0.1, 0.15) is 12.4 Å². The van der Waals surface area contributed by atoms with Gasteiger partial charge in [-0.15, -0.1) is 0 Å². The van der Waals surface area contributed by atoms with Gasteiger partial charge in [0.15, 0.2) is 5.75 Å². The second-order valence-corrected chi connectivity index (χ2v) is 9.33. The smallest absolute Gasteiger partial charge is 0.255 e. The average molecular weight is 497 g/mol. The summed E-state index contributed by atoms with van der Waals surface area (Å²) in [7, 11) is 1.57. The number of nitrogens with one attached hydrogen (secondary N) is 3. The van der Waals surface area contributed by atoms with Crippen molar-refractivity contribution in [3.05, 3.63) is 52.9 Å². The van der Waals surface area contributed by atoms with Crippen molar-refractivity contribution in [2.45, 2.75) is 44.8 Å². The van der Waals surface area contributed by atoms with Crippen LogP contribution < -0.4 is 20.1 Å². The summed E-state index contributed by atoms with van der Waals surface area (Å²) in [6, 6.07) is 7.36. The second-order valence-electron chi connectivity index (χ2n) is 8.92. The van der Waals surface area contributed by atoms with Crippen LogP contribution in [0.2, 0.25) is 5.02 Å². The Bertz CT molecular complexity index is 1220. The Hall–Kier alpha value is -3.23. The number of halogens is 1. The van der Waals surface area contributed by atoms with Crippen LogP contribution in [0.15, 0.2) is 36.7 Å². The summed E-state index contributed by atoms with van der Waals surface area (Å²) < 4.78 is 17.6. The predicted octanol–water partition coefficient (Wildman–Crippen LogP) is 5.10. The van der Waals surface area contributed by atoms with E-state index in [0.29, 0.717) is 46.5 Å². The maximum atomic E-state index is 13.1. The Balaban J connectivity index is 1.57. The van der Waals surface area contributed by atoms with Gasteiger partial charge in [0.05, 0.1) is 47.1 Å². The fourth-order valence-electron chi connectivity index (χ4n) is 4.71. The first-order valence-corrected chi connectivity index (χ1v) is 12.3. The number of rotatable bonds is 7. The molecule has 0 aliphatic carbocycles. The molecule has 0 unspecified atom stereocenters. The lowest BCUT2D eigenvalue weighted by atomic mass is 10.0. The quantitative estimate of drug-likeness (QED) is 0.421. The van der Waals surface area contributed by atoms with Crippen molar-refractivity contribution in [3.8, 4) is 22.8 Å². The molecule has 1 aromatic carbocycles. The molecule has 8 nitrogen and oxygen atoms in total. The molecule has 5 rings (SSSR count). The molecule has 2 aliphatic rings. The van der Waals surface area contributed by atoms with Crippen LogP contribution in [0.5, 0.6) is 11.5 Å². The monoisotopic (exact) mass is 496 g/mol. The number of fused-ring (bicyclic) bond motifs is 1. The van der Waals surface area contributed by atoms with Gasteiger partial charge in [-0.1, -0.05) is 17.7 Å². The number of aromatic nitrogens is 2. The molecular weight excluding hydrogens is 468 g/mol. The number of methoxy groups -OCH3 is 1. The van der Waals surface area contributed by atoms with Gasteiger partial charge in [-0.25, -0.2) is 0 Å². The summed E-state index contributed by atoms with van der Waals surface area (Å²) >= 11 is 6.37. The second kappa shape index (κ2) is 10.2. The number of carbonyl (C=O) groups is 1. The topological polar surface area (TPSA) is 97.5 Å². The molecule has 1 amide bonds. The lowest BCUT2D eigenvalue weighted by Crippen LogP contribution is -2.39. The molecule has 2 atom stereocenters. The maximum Gasteiger partial charge on any atom is 0.255 e. The Kier molecular flexibility index (Phi) is 6.83. The summed E-state index contributed by atoms with van der Waals surface area (Å²) in [6.07, 6.45) is 7.36. The minimum absolute atomic E-state index is 0.0201. The van der Waals surface area contributed by atoms with Gasteiger partial charge in [0.2, 0.25) is 0 Å². The molecule has 1 saturated heterocycles. The number of pyridine rings is 1. The molecule has 35 heavy (non-hydrogen) atoms. The Morgan fingerprint density at radius 2 is 2.17 bits per heavy atom. The minimum atomic E-state index is -0.142. The molecule has 0 radical (unpaired) electrons. The lowest BCUT2D eigenvalue weighted by Gasteiger charge is -2.23. The summed E-state index contributed by atoms with van der Waals surface area (Å²) in [5.41, 5.74) is 4.26. The van der Waals surface area contributed by atoms with Gasteiger partial charge in [-0.2, -0.15) is 0 Å². The van der Waals surface area contributed by atoms with Crippen LogP contribution in [0.3, 0.4) is 0 Å².